The van der Waals surface area contributed by atoms with Crippen LogP contribution in [0.4, 0.5) is 5.69 Å². The lowest BCUT2D eigenvalue weighted by molar-refractivity contribution is -0.608. The second-order valence-corrected chi connectivity index (χ2v) is 4.35. The fourth-order valence-corrected chi connectivity index (χ4v) is 1.69. The van der Waals surface area contributed by atoms with Gasteiger partial charge in [0.15, 0.2) is 12.8 Å². The molecule has 0 aliphatic rings. The quantitative estimate of drug-likeness (QED) is 0.523. The molecule has 1 amide bonds. The molecule has 1 heterocycles. The lowest BCUT2D eigenvalue weighted by Gasteiger charge is -2.08. The van der Waals surface area contributed by atoms with E-state index < -0.39 is 18.5 Å². The maximum absolute atomic E-state index is 11.7. The molecule has 21 heavy (non-hydrogen) atoms. The van der Waals surface area contributed by atoms with Gasteiger partial charge in [-0.2, -0.15) is 4.73 Å². The van der Waals surface area contributed by atoms with Gasteiger partial charge in [0.1, 0.15) is 0 Å². The summed E-state index contributed by atoms with van der Waals surface area (Å²) < 4.78 is 5.20. The van der Waals surface area contributed by atoms with Gasteiger partial charge in [-0.15, -0.1) is 0 Å². The van der Waals surface area contributed by atoms with Crippen molar-refractivity contribution in [1.82, 2.24) is 0 Å². The average molecular weight is 286 g/mol. The highest BCUT2D eigenvalue weighted by molar-refractivity contribution is 5.94. The first-order valence-corrected chi connectivity index (χ1v) is 6.29. The third kappa shape index (κ3) is 3.79. The summed E-state index contributed by atoms with van der Waals surface area (Å²) in [6.07, 6.45) is 1.18. The predicted molar refractivity (Wildman–Crippen MR) is 75.5 cm³/mol. The SMILES string of the molecule is Cc1ccccc1NC(=O)COC(=O)c1cccc[n+]1[O-]. The number of rotatable bonds is 4. The van der Waals surface area contributed by atoms with E-state index in [2.05, 4.69) is 5.32 Å². The molecule has 0 unspecified atom stereocenters. The first kappa shape index (κ1) is 14.5. The molecule has 6 heteroatoms. The number of amides is 1. The Morgan fingerprint density at radius 3 is 2.62 bits per heavy atom. The number of aromatic nitrogens is 1. The zero-order chi connectivity index (χ0) is 15.2. The first-order chi connectivity index (χ1) is 10.1. The molecule has 1 N–H and O–H groups in total. The Balaban J connectivity index is 1.91. The normalized spacial score (nSPS) is 9.95. The van der Waals surface area contributed by atoms with Gasteiger partial charge < -0.3 is 15.3 Å². The summed E-state index contributed by atoms with van der Waals surface area (Å²) in [7, 11) is 0. The molecule has 0 saturated carbocycles. The summed E-state index contributed by atoms with van der Waals surface area (Å²) in [6.45, 7) is 1.40. The lowest BCUT2D eigenvalue weighted by atomic mass is 10.2. The van der Waals surface area contributed by atoms with Crippen molar-refractivity contribution in [1.29, 1.82) is 0 Å². The maximum Gasteiger partial charge on any atom is 0.405 e. The molecule has 0 spiro atoms. The van der Waals surface area contributed by atoms with Crippen molar-refractivity contribution >= 4 is 17.6 Å². The van der Waals surface area contributed by atoms with E-state index in [1.165, 1.54) is 18.3 Å². The largest absolute Gasteiger partial charge is 0.618 e. The van der Waals surface area contributed by atoms with E-state index in [9.17, 15) is 14.8 Å². The number of nitrogens with zero attached hydrogens (tertiary/aromatic N) is 1. The molecule has 6 nitrogen and oxygen atoms in total. The number of nitrogens with one attached hydrogen (secondary N) is 1. The first-order valence-electron chi connectivity index (χ1n) is 6.29. The highest BCUT2D eigenvalue weighted by Crippen LogP contribution is 2.12. The Bertz CT molecular complexity index is 670. The third-order valence-corrected chi connectivity index (χ3v) is 2.79. The second kappa shape index (κ2) is 6.51. The van der Waals surface area contributed by atoms with Gasteiger partial charge in [0.25, 0.3) is 5.91 Å². The summed E-state index contributed by atoms with van der Waals surface area (Å²) in [4.78, 5) is 23.4. The molecule has 0 atom stereocenters. The van der Waals surface area contributed by atoms with Crippen LogP contribution in [0, 0.1) is 12.1 Å². The molecule has 108 valence electrons. The van der Waals surface area contributed by atoms with Crippen molar-refractivity contribution in [2.45, 2.75) is 6.92 Å². The number of carbonyl (C=O) groups excluding carboxylic acids is 2. The van der Waals surface area contributed by atoms with Crippen LogP contribution in [0.3, 0.4) is 0 Å². The van der Waals surface area contributed by atoms with Gasteiger partial charge in [-0.25, -0.2) is 4.79 Å². The summed E-state index contributed by atoms with van der Waals surface area (Å²) >= 11 is 0. The molecule has 1 aromatic carbocycles. The molecule has 0 aliphatic carbocycles. The Hall–Kier alpha value is -2.89. The standard InChI is InChI=1S/C15H14N2O4/c1-11-6-2-3-7-12(11)16-14(18)10-21-15(19)13-8-4-5-9-17(13)20/h2-9H,10H2,1H3,(H,16,18). The summed E-state index contributed by atoms with van der Waals surface area (Å²) in [5.74, 6) is -1.31. The third-order valence-electron chi connectivity index (χ3n) is 2.79. The highest BCUT2D eigenvalue weighted by atomic mass is 16.5. The summed E-state index contributed by atoms with van der Waals surface area (Å²) in [5.41, 5.74) is 1.39. The highest BCUT2D eigenvalue weighted by Gasteiger charge is 2.18. The Morgan fingerprint density at radius 2 is 1.90 bits per heavy atom. The molecular weight excluding hydrogens is 272 g/mol. The fraction of sp³-hybridized carbons (Fsp3) is 0.133. The van der Waals surface area contributed by atoms with Crippen molar-refractivity contribution in [3.8, 4) is 0 Å². The zero-order valence-electron chi connectivity index (χ0n) is 11.4. The molecule has 2 aromatic rings. The van der Waals surface area contributed by atoms with E-state index in [4.69, 9.17) is 4.74 Å². The van der Waals surface area contributed by atoms with Crippen LogP contribution in [0.15, 0.2) is 48.7 Å². The van der Waals surface area contributed by atoms with Crippen LogP contribution in [0.25, 0.3) is 0 Å². The van der Waals surface area contributed by atoms with Gasteiger partial charge in [0.05, 0.1) is 0 Å². The molecule has 0 bridgehead atoms. The molecule has 0 fully saturated rings. The molecule has 2 rings (SSSR count). The van der Waals surface area contributed by atoms with Crippen LogP contribution in [-0.4, -0.2) is 18.5 Å². The average Bonchev–Trinajstić information content (AvgIpc) is 2.48. The van der Waals surface area contributed by atoms with Gasteiger partial charge in [-0.3, -0.25) is 4.79 Å². The molecule has 0 saturated heterocycles. The van der Waals surface area contributed by atoms with Crippen molar-refractivity contribution in [2.75, 3.05) is 11.9 Å². The van der Waals surface area contributed by atoms with Gasteiger partial charge in [0.2, 0.25) is 0 Å². The summed E-state index contributed by atoms with van der Waals surface area (Å²) in [5, 5.41) is 14.0. The van der Waals surface area contributed by atoms with Crippen LogP contribution in [-0.2, 0) is 9.53 Å². The van der Waals surface area contributed by atoms with E-state index in [1.54, 1.807) is 18.2 Å². The number of pyridine rings is 1. The number of benzene rings is 1. The number of carbonyl (C=O) groups is 2. The molecule has 1 aromatic heterocycles. The van der Waals surface area contributed by atoms with Crippen molar-refractivity contribution < 1.29 is 19.1 Å². The Kier molecular flexibility index (Phi) is 4.50. The fourth-order valence-electron chi connectivity index (χ4n) is 1.69. The van der Waals surface area contributed by atoms with Crippen LogP contribution in [0.5, 0.6) is 0 Å². The Morgan fingerprint density at radius 1 is 1.19 bits per heavy atom. The van der Waals surface area contributed by atoms with E-state index in [0.717, 1.165) is 5.56 Å². The zero-order valence-corrected chi connectivity index (χ0v) is 11.4. The van der Waals surface area contributed by atoms with Crippen molar-refractivity contribution in [2.24, 2.45) is 0 Å². The molecule has 0 radical (unpaired) electrons. The van der Waals surface area contributed by atoms with Gasteiger partial charge >= 0.3 is 11.7 Å². The van der Waals surface area contributed by atoms with Crippen LogP contribution in [0.2, 0.25) is 0 Å². The van der Waals surface area contributed by atoms with E-state index >= 15 is 0 Å². The van der Waals surface area contributed by atoms with Crippen LogP contribution in [0.1, 0.15) is 16.1 Å². The smallest absolute Gasteiger partial charge is 0.405 e. The molecular formula is C15H14N2O4. The predicted octanol–water partition coefficient (Wildman–Crippen LogP) is 1.42. The number of anilines is 1. The van der Waals surface area contributed by atoms with E-state index in [-0.39, 0.29) is 5.69 Å². The minimum Gasteiger partial charge on any atom is -0.618 e. The number of para-hydroxylation sites is 1. The number of esters is 1. The van der Waals surface area contributed by atoms with Crippen LogP contribution >= 0.6 is 0 Å². The van der Waals surface area contributed by atoms with Gasteiger partial charge in [-0.1, -0.05) is 18.2 Å². The summed E-state index contributed by atoms with van der Waals surface area (Å²) in [6, 6.07) is 11.6. The van der Waals surface area contributed by atoms with Crippen LogP contribution < -0.4 is 10.0 Å². The van der Waals surface area contributed by atoms with Crippen molar-refractivity contribution in [3.63, 3.8) is 0 Å². The van der Waals surface area contributed by atoms with E-state index in [1.807, 2.05) is 19.1 Å². The van der Waals surface area contributed by atoms with Gasteiger partial charge in [-0.05, 0) is 24.6 Å². The number of ether oxygens (including phenoxy) is 1. The lowest BCUT2D eigenvalue weighted by Crippen LogP contribution is -2.35. The second-order valence-electron chi connectivity index (χ2n) is 4.35. The monoisotopic (exact) mass is 286 g/mol. The van der Waals surface area contributed by atoms with E-state index in [0.29, 0.717) is 10.4 Å². The number of hydrogen-bond donors (Lipinski definition) is 1. The van der Waals surface area contributed by atoms with Crippen molar-refractivity contribution in [3.05, 3.63) is 65.1 Å². The minimum absolute atomic E-state index is 0.166. The van der Waals surface area contributed by atoms with Gasteiger partial charge in [0, 0.05) is 17.8 Å². The molecule has 0 aliphatic heterocycles. The topological polar surface area (TPSA) is 82.3 Å². The number of hydrogen-bond acceptors (Lipinski definition) is 4. The Labute approximate surface area is 121 Å². The minimum atomic E-state index is -0.842. The maximum atomic E-state index is 11.7. The number of aryl methyl sites for hydroxylation is 1.